The second kappa shape index (κ2) is 6.10. The number of rotatable bonds is 3. The molecule has 0 saturated carbocycles. The molecular formula is C18H21NO. The van der Waals surface area contributed by atoms with Crippen LogP contribution < -0.4 is 4.74 Å². The van der Waals surface area contributed by atoms with Gasteiger partial charge in [0.2, 0.25) is 0 Å². The summed E-state index contributed by atoms with van der Waals surface area (Å²) in [6, 6.07) is 18.5. The Labute approximate surface area is 121 Å². The molecule has 2 nitrogen and oxygen atoms in total. The van der Waals surface area contributed by atoms with Crippen LogP contribution in [0, 0.1) is 0 Å². The van der Waals surface area contributed by atoms with Gasteiger partial charge in [-0.1, -0.05) is 36.4 Å². The second-order valence-corrected chi connectivity index (χ2v) is 5.55. The molecule has 0 aliphatic carbocycles. The lowest BCUT2D eigenvalue weighted by Gasteiger charge is -2.30. The lowest BCUT2D eigenvalue weighted by Crippen LogP contribution is -2.30. The number of nitrogens with zero attached hydrogens (tertiary/aromatic N) is 1. The standard InChI is InChI=1S/C18H21NO/c1-19-13-7-8-15(14-19)17-11-5-6-12-18(17)20-16-9-3-2-4-10-16/h2-6,9-12,15H,7-8,13-14H2,1H3. The molecule has 0 bridgehead atoms. The Morgan fingerprint density at radius 3 is 2.55 bits per heavy atom. The van der Waals surface area contributed by atoms with E-state index in [4.69, 9.17) is 4.74 Å². The zero-order valence-corrected chi connectivity index (χ0v) is 12.0. The number of hydrogen-bond acceptors (Lipinski definition) is 2. The number of likely N-dealkylation sites (tertiary alicyclic amines) is 1. The smallest absolute Gasteiger partial charge is 0.130 e. The predicted octanol–water partition coefficient (Wildman–Crippen LogP) is 4.29. The van der Waals surface area contributed by atoms with Gasteiger partial charge in [-0.25, -0.2) is 0 Å². The van der Waals surface area contributed by atoms with E-state index in [1.54, 1.807) is 0 Å². The molecule has 0 amide bonds. The largest absolute Gasteiger partial charge is 0.457 e. The first-order chi connectivity index (χ1) is 9.83. The lowest BCUT2D eigenvalue weighted by molar-refractivity contribution is 0.248. The second-order valence-electron chi connectivity index (χ2n) is 5.55. The Morgan fingerprint density at radius 2 is 1.75 bits per heavy atom. The van der Waals surface area contributed by atoms with Gasteiger partial charge in [0.15, 0.2) is 0 Å². The highest BCUT2D eigenvalue weighted by atomic mass is 16.5. The van der Waals surface area contributed by atoms with E-state index in [1.807, 2.05) is 36.4 Å². The first kappa shape index (κ1) is 13.2. The van der Waals surface area contributed by atoms with E-state index in [2.05, 4.69) is 30.1 Å². The molecule has 0 N–H and O–H groups in total. The van der Waals surface area contributed by atoms with E-state index in [9.17, 15) is 0 Å². The lowest BCUT2D eigenvalue weighted by atomic mass is 9.90. The fraction of sp³-hybridized carbons (Fsp3) is 0.333. The van der Waals surface area contributed by atoms with Crippen molar-refractivity contribution in [3.05, 3.63) is 60.2 Å². The topological polar surface area (TPSA) is 12.5 Å². The molecular weight excluding hydrogens is 246 g/mol. The Hall–Kier alpha value is -1.80. The molecule has 3 rings (SSSR count). The van der Waals surface area contributed by atoms with Crippen LogP contribution in [0.5, 0.6) is 11.5 Å². The van der Waals surface area contributed by atoms with Gasteiger partial charge in [-0.2, -0.15) is 0 Å². The minimum absolute atomic E-state index is 0.577. The van der Waals surface area contributed by atoms with Gasteiger partial charge in [0, 0.05) is 12.5 Å². The number of likely N-dealkylation sites (N-methyl/N-ethyl adjacent to an activating group) is 1. The molecule has 1 aliphatic rings. The Bertz CT molecular complexity index is 552. The first-order valence-electron chi connectivity index (χ1n) is 7.33. The van der Waals surface area contributed by atoms with E-state index in [1.165, 1.54) is 24.9 Å². The molecule has 104 valence electrons. The molecule has 0 aromatic heterocycles. The highest BCUT2D eigenvalue weighted by molar-refractivity contribution is 5.40. The van der Waals surface area contributed by atoms with E-state index < -0.39 is 0 Å². The highest BCUT2D eigenvalue weighted by Gasteiger charge is 2.21. The maximum atomic E-state index is 6.08. The van der Waals surface area contributed by atoms with Crippen LogP contribution in [0.2, 0.25) is 0 Å². The van der Waals surface area contributed by atoms with Crippen LogP contribution >= 0.6 is 0 Å². The minimum atomic E-state index is 0.577. The van der Waals surface area contributed by atoms with Crippen molar-refractivity contribution in [1.29, 1.82) is 0 Å². The third-order valence-corrected chi connectivity index (χ3v) is 3.95. The summed E-state index contributed by atoms with van der Waals surface area (Å²) in [5.74, 6) is 2.48. The predicted molar refractivity (Wildman–Crippen MR) is 82.4 cm³/mol. The van der Waals surface area contributed by atoms with Gasteiger partial charge in [-0.05, 0) is 50.2 Å². The summed E-state index contributed by atoms with van der Waals surface area (Å²) >= 11 is 0. The van der Waals surface area contributed by atoms with E-state index >= 15 is 0 Å². The maximum Gasteiger partial charge on any atom is 0.130 e. The van der Waals surface area contributed by atoms with Crippen LogP contribution in [0.15, 0.2) is 54.6 Å². The maximum absolute atomic E-state index is 6.08. The normalized spacial score (nSPS) is 19.8. The van der Waals surface area contributed by atoms with Crippen molar-refractivity contribution in [1.82, 2.24) is 4.90 Å². The Balaban J connectivity index is 1.84. The van der Waals surface area contributed by atoms with E-state index in [-0.39, 0.29) is 0 Å². The number of ether oxygens (including phenoxy) is 1. The number of hydrogen-bond donors (Lipinski definition) is 0. The molecule has 2 aromatic carbocycles. The summed E-state index contributed by atoms with van der Waals surface area (Å²) in [7, 11) is 2.20. The summed E-state index contributed by atoms with van der Waals surface area (Å²) < 4.78 is 6.08. The van der Waals surface area contributed by atoms with Gasteiger partial charge >= 0.3 is 0 Å². The fourth-order valence-electron chi connectivity index (χ4n) is 2.95. The van der Waals surface area contributed by atoms with Crippen molar-refractivity contribution in [2.75, 3.05) is 20.1 Å². The molecule has 1 unspecified atom stereocenters. The van der Waals surface area contributed by atoms with Gasteiger partial charge in [-0.3, -0.25) is 0 Å². The van der Waals surface area contributed by atoms with Gasteiger partial charge in [0.25, 0.3) is 0 Å². The van der Waals surface area contributed by atoms with Crippen molar-refractivity contribution in [2.24, 2.45) is 0 Å². The Morgan fingerprint density at radius 1 is 1.00 bits per heavy atom. The third-order valence-electron chi connectivity index (χ3n) is 3.95. The summed E-state index contributed by atoms with van der Waals surface area (Å²) in [5.41, 5.74) is 1.34. The molecule has 1 aliphatic heterocycles. The average Bonchev–Trinajstić information content (AvgIpc) is 2.49. The first-order valence-corrected chi connectivity index (χ1v) is 7.33. The van der Waals surface area contributed by atoms with Gasteiger partial charge in [0.1, 0.15) is 11.5 Å². The van der Waals surface area contributed by atoms with Crippen molar-refractivity contribution >= 4 is 0 Å². The molecule has 1 fully saturated rings. The van der Waals surface area contributed by atoms with Gasteiger partial charge in [-0.15, -0.1) is 0 Å². The van der Waals surface area contributed by atoms with Gasteiger partial charge < -0.3 is 9.64 Å². The summed E-state index contributed by atoms with van der Waals surface area (Å²) in [4.78, 5) is 2.41. The third kappa shape index (κ3) is 3.02. The van der Waals surface area contributed by atoms with Crippen molar-refractivity contribution in [2.45, 2.75) is 18.8 Å². The van der Waals surface area contributed by atoms with Gasteiger partial charge in [0.05, 0.1) is 0 Å². The monoisotopic (exact) mass is 267 g/mol. The quantitative estimate of drug-likeness (QED) is 0.822. The molecule has 2 aromatic rings. The van der Waals surface area contributed by atoms with E-state index in [0.717, 1.165) is 18.0 Å². The van der Waals surface area contributed by atoms with Crippen LogP contribution in [-0.2, 0) is 0 Å². The van der Waals surface area contributed by atoms with Crippen LogP contribution in [0.1, 0.15) is 24.3 Å². The van der Waals surface area contributed by atoms with Crippen LogP contribution in [0.3, 0.4) is 0 Å². The van der Waals surface area contributed by atoms with Crippen molar-refractivity contribution in [3.63, 3.8) is 0 Å². The molecule has 0 radical (unpaired) electrons. The van der Waals surface area contributed by atoms with Crippen molar-refractivity contribution in [3.8, 4) is 11.5 Å². The Kier molecular flexibility index (Phi) is 4.03. The molecule has 1 heterocycles. The van der Waals surface area contributed by atoms with Crippen LogP contribution in [0.25, 0.3) is 0 Å². The molecule has 2 heteroatoms. The minimum Gasteiger partial charge on any atom is -0.457 e. The number of benzene rings is 2. The molecule has 1 saturated heterocycles. The SMILES string of the molecule is CN1CCCC(c2ccccc2Oc2ccccc2)C1. The van der Waals surface area contributed by atoms with Crippen molar-refractivity contribution < 1.29 is 4.74 Å². The molecule has 20 heavy (non-hydrogen) atoms. The highest BCUT2D eigenvalue weighted by Crippen LogP contribution is 2.34. The molecule has 0 spiro atoms. The zero-order valence-electron chi connectivity index (χ0n) is 12.0. The zero-order chi connectivity index (χ0) is 13.8. The van der Waals surface area contributed by atoms with Crippen LogP contribution in [-0.4, -0.2) is 25.0 Å². The van der Waals surface area contributed by atoms with Crippen LogP contribution in [0.4, 0.5) is 0 Å². The fourth-order valence-corrected chi connectivity index (χ4v) is 2.95. The van der Waals surface area contributed by atoms with E-state index in [0.29, 0.717) is 5.92 Å². The average molecular weight is 267 g/mol. The summed E-state index contributed by atoms with van der Waals surface area (Å²) in [6.45, 7) is 2.33. The number of piperidine rings is 1. The number of para-hydroxylation sites is 2. The summed E-state index contributed by atoms with van der Waals surface area (Å²) in [6.07, 6.45) is 2.51. The summed E-state index contributed by atoms with van der Waals surface area (Å²) in [5, 5.41) is 0. The molecule has 1 atom stereocenters.